The number of sulfonamides is 1. The van der Waals surface area contributed by atoms with Gasteiger partial charge in [0, 0.05) is 62.6 Å². The van der Waals surface area contributed by atoms with E-state index in [-0.39, 0.29) is 24.0 Å². The summed E-state index contributed by atoms with van der Waals surface area (Å²) in [5, 5.41) is 3.35. The third-order valence-corrected chi connectivity index (χ3v) is 8.04. The van der Waals surface area contributed by atoms with Crippen molar-refractivity contribution in [3.63, 3.8) is 0 Å². The average molecular weight is 478 g/mol. The van der Waals surface area contributed by atoms with Crippen molar-refractivity contribution in [2.24, 2.45) is 0 Å². The van der Waals surface area contributed by atoms with E-state index in [2.05, 4.69) is 15.2 Å². The molecule has 10 heteroatoms. The van der Waals surface area contributed by atoms with Crippen LogP contribution in [0.4, 0.5) is 10.6 Å². The molecule has 2 aliphatic heterocycles. The molecule has 2 fully saturated rings. The first-order valence-electron chi connectivity index (χ1n) is 10.9. The number of nitrogens with zero attached hydrogens (tertiary/aromatic N) is 4. The number of piperazine rings is 1. The van der Waals surface area contributed by atoms with E-state index in [9.17, 15) is 13.2 Å². The van der Waals surface area contributed by atoms with Gasteiger partial charge in [0.1, 0.15) is 5.82 Å². The lowest BCUT2D eigenvalue weighted by Crippen LogP contribution is -2.53. The molecule has 1 aromatic carbocycles. The van der Waals surface area contributed by atoms with E-state index in [1.54, 1.807) is 23.2 Å². The summed E-state index contributed by atoms with van der Waals surface area (Å²) in [7, 11) is -3.63. The Labute approximate surface area is 194 Å². The van der Waals surface area contributed by atoms with Crippen LogP contribution in [0.2, 0.25) is 5.02 Å². The monoisotopic (exact) mass is 477 g/mol. The number of hydrogen-bond donors (Lipinski definition) is 1. The smallest absolute Gasteiger partial charge is 0.317 e. The molecular weight excluding hydrogens is 450 g/mol. The fourth-order valence-corrected chi connectivity index (χ4v) is 5.87. The van der Waals surface area contributed by atoms with Gasteiger partial charge in [0.05, 0.1) is 4.90 Å². The molecule has 2 saturated heterocycles. The number of anilines is 1. The second kappa shape index (κ2) is 10.1. The quantitative estimate of drug-likeness (QED) is 0.715. The summed E-state index contributed by atoms with van der Waals surface area (Å²) in [5.74, 6) is 0.935. The minimum atomic E-state index is -3.63. The standard InChI is InChI=1S/C22H28ClN5O3S/c23-19-7-4-8-20(16-19)32(30,31)28-14-12-27(13-15-28)22(29)25-17-18-6-5-9-24-21(18)26-10-2-1-3-11-26/h4-9,16H,1-3,10-15,17H2,(H,25,29). The summed E-state index contributed by atoms with van der Waals surface area (Å²) in [5.41, 5.74) is 0.991. The SMILES string of the molecule is O=C(NCc1cccnc1N1CCCCC1)N1CCN(S(=O)(=O)c2cccc(Cl)c2)CC1. The topological polar surface area (TPSA) is 85.8 Å². The van der Waals surface area contributed by atoms with Crippen LogP contribution in [-0.2, 0) is 16.6 Å². The van der Waals surface area contributed by atoms with Gasteiger partial charge in [0.15, 0.2) is 0 Å². The van der Waals surface area contributed by atoms with Crippen LogP contribution in [0.1, 0.15) is 24.8 Å². The third-order valence-electron chi connectivity index (χ3n) is 5.91. The fraction of sp³-hybridized carbons (Fsp3) is 0.455. The fourth-order valence-electron chi connectivity index (χ4n) is 4.15. The minimum absolute atomic E-state index is 0.171. The Morgan fingerprint density at radius 2 is 1.75 bits per heavy atom. The maximum atomic E-state index is 12.9. The number of urea groups is 1. The predicted octanol–water partition coefficient (Wildman–Crippen LogP) is 2.94. The molecule has 0 saturated carbocycles. The first-order valence-corrected chi connectivity index (χ1v) is 12.7. The number of aromatic nitrogens is 1. The van der Waals surface area contributed by atoms with Crippen LogP contribution in [0, 0.1) is 0 Å². The van der Waals surface area contributed by atoms with Crippen molar-refractivity contribution in [3.05, 3.63) is 53.2 Å². The molecular formula is C22H28ClN5O3S. The molecule has 0 atom stereocenters. The molecule has 32 heavy (non-hydrogen) atoms. The highest BCUT2D eigenvalue weighted by atomic mass is 35.5. The molecule has 1 aromatic heterocycles. The van der Waals surface area contributed by atoms with E-state index in [0.29, 0.717) is 24.7 Å². The lowest BCUT2D eigenvalue weighted by atomic mass is 10.1. The maximum Gasteiger partial charge on any atom is 0.317 e. The van der Waals surface area contributed by atoms with Gasteiger partial charge in [0.2, 0.25) is 10.0 Å². The zero-order valence-electron chi connectivity index (χ0n) is 17.9. The molecule has 0 unspecified atom stereocenters. The number of halogens is 1. The molecule has 1 N–H and O–H groups in total. The van der Waals surface area contributed by atoms with Crippen LogP contribution in [0.25, 0.3) is 0 Å². The lowest BCUT2D eigenvalue weighted by Gasteiger charge is -2.34. The molecule has 0 aliphatic carbocycles. The van der Waals surface area contributed by atoms with E-state index in [4.69, 9.17) is 11.6 Å². The molecule has 0 spiro atoms. The number of benzene rings is 1. The normalized spacial score (nSPS) is 17.9. The predicted molar refractivity (Wildman–Crippen MR) is 124 cm³/mol. The molecule has 0 bridgehead atoms. The number of rotatable bonds is 5. The molecule has 4 rings (SSSR count). The van der Waals surface area contributed by atoms with Crippen molar-refractivity contribution >= 4 is 33.5 Å². The molecule has 2 amide bonds. The first-order chi connectivity index (χ1) is 15.4. The van der Waals surface area contributed by atoms with Gasteiger partial charge in [-0.05, 0) is 43.5 Å². The Hall–Kier alpha value is -2.36. The highest BCUT2D eigenvalue weighted by Gasteiger charge is 2.30. The largest absolute Gasteiger partial charge is 0.356 e. The third kappa shape index (κ3) is 5.16. The van der Waals surface area contributed by atoms with Crippen LogP contribution in [0.5, 0.6) is 0 Å². The Morgan fingerprint density at radius 1 is 1.00 bits per heavy atom. The zero-order valence-corrected chi connectivity index (χ0v) is 19.5. The number of carbonyl (C=O) groups is 1. The summed E-state index contributed by atoms with van der Waals surface area (Å²) < 4.78 is 27.1. The van der Waals surface area contributed by atoms with Crippen molar-refractivity contribution in [1.29, 1.82) is 0 Å². The Balaban J connectivity index is 1.33. The first kappa shape index (κ1) is 22.8. The number of carbonyl (C=O) groups excluding carboxylic acids is 1. The van der Waals surface area contributed by atoms with Gasteiger partial charge >= 0.3 is 6.03 Å². The average Bonchev–Trinajstić information content (AvgIpc) is 2.83. The van der Waals surface area contributed by atoms with Gasteiger partial charge in [-0.15, -0.1) is 0 Å². The summed E-state index contributed by atoms with van der Waals surface area (Å²) in [6.45, 7) is 3.51. The van der Waals surface area contributed by atoms with Crippen LogP contribution in [0.3, 0.4) is 0 Å². The van der Waals surface area contributed by atoms with Crippen molar-refractivity contribution in [2.75, 3.05) is 44.2 Å². The van der Waals surface area contributed by atoms with Crippen LogP contribution >= 0.6 is 11.6 Å². The van der Waals surface area contributed by atoms with Gasteiger partial charge in [-0.3, -0.25) is 0 Å². The van der Waals surface area contributed by atoms with Gasteiger partial charge in [0.25, 0.3) is 0 Å². The number of hydrogen-bond acceptors (Lipinski definition) is 5. The van der Waals surface area contributed by atoms with Gasteiger partial charge in [-0.1, -0.05) is 23.7 Å². The lowest BCUT2D eigenvalue weighted by molar-refractivity contribution is 0.172. The molecule has 8 nitrogen and oxygen atoms in total. The van der Waals surface area contributed by atoms with E-state index in [0.717, 1.165) is 37.3 Å². The van der Waals surface area contributed by atoms with E-state index >= 15 is 0 Å². The van der Waals surface area contributed by atoms with Crippen molar-refractivity contribution in [3.8, 4) is 0 Å². The minimum Gasteiger partial charge on any atom is -0.356 e. The van der Waals surface area contributed by atoms with Crippen molar-refractivity contribution in [1.82, 2.24) is 19.5 Å². The number of pyridine rings is 1. The molecule has 2 aromatic rings. The molecule has 0 radical (unpaired) electrons. The van der Waals surface area contributed by atoms with Gasteiger partial charge in [-0.2, -0.15) is 4.31 Å². The summed E-state index contributed by atoms with van der Waals surface area (Å²) in [6, 6.07) is 9.93. The Kier molecular flexibility index (Phi) is 7.17. The summed E-state index contributed by atoms with van der Waals surface area (Å²) in [6.07, 6.45) is 5.35. The van der Waals surface area contributed by atoms with Gasteiger partial charge in [-0.25, -0.2) is 18.2 Å². The Morgan fingerprint density at radius 3 is 2.47 bits per heavy atom. The highest BCUT2D eigenvalue weighted by molar-refractivity contribution is 7.89. The maximum absolute atomic E-state index is 12.9. The van der Waals surface area contributed by atoms with E-state index in [1.165, 1.54) is 22.9 Å². The number of nitrogens with one attached hydrogen (secondary N) is 1. The molecule has 3 heterocycles. The van der Waals surface area contributed by atoms with E-state index in [1.807, 2.05) is 12.1 Å². The van der Waals surface area contributed by atoms with Crippen molar-refractivity contribution in [2.45, 2.75) is 30.7 Å². The second-order valence-corrected chi connectivity index (χ2v) is 10.4. The molecule has 2 aliphatic rings. The highest BCUT2D eigenvalue weighted by Crippen LogP contribution is 2.22. The summed E-state index contributed by atoms with van der Waals surface area (Å²) >= 11 is 5.95. The summed E-state index contributed by atoms with van der Waals surface area (Å²) in [4.78, 5) is 21.4. The Bertz CT molecular complexity index is 1050. The van der Waals surface area contributed by atoms with Gasteiger partial charge < -0.3 is 15.1 Å². The zero-order chi connectivity index (χ0) is 22.6. The van der Waals surface area contributed by atoms with Crippen LogP contribution in [0.15, 0.2) is 47.5 Å². The number of piperidine rings is 1. The van der Waals surface area contributed by atoms with Crippen LogP contribution < -0.4 is 10.2 Å². The van der Waals surface area contributed by atoms with Crippen LogP contribution in [-0.4, -0.2) is 67.9 Å². The van der Waals surface area contributed by atoms with E-state index < -0.39 is 10.0 Å². The number of amides is 2. The molecule has 172 valence electrons. The van der Waals surface area contributed by atoms with Crippen molar-refractivity contribution < 1.29 is 13.2 Å². The second-order valence-electron chi connectivity index (χ2n) is 8.04.